The fraction of sp³-hybridized carbons (Fsp3) is 0.625. The minimum absolute atomic E-state index is 0.285. The fourth-order valence-electron chi connectivity index (χ4n) is 1.89. The molecule has 14 heavy (non-hydrogen) atoms. The third-order valence-corrected chi connectivity index (χ3v) is 14.8. The van der Waals surface area contributed by atoms with Crippen molar-refractivity contribution >= 4 is 34.6 Å². The zero-order valence-corrected chi connectivity index (χ0v) is 12.3. The second kappa shape index (κ2) is 4.97. The second-order valence-corrected chi connectivity index (χ2v) is 14.5. The summed E-state index contributed by atoms with van der Waals surface area (Å²) >= 11 is -2.02. The van der Waals surface area contributed by atoms with Gasteiger partial charge in [-0.2, -0.15) is 0 Å². The molecule has 1 aliphatic rings. The molecule has 1 aliphatic heterocycles. The van der Waals surface area contributed by atoms with Gasteiger partial charge in [0.2, 0.25) is 0 Å². The van der Waals surface area contributed by atoms with E-state index < -0.39 is 34.6 Å². The van der Waals surface area contributed by atoms with E-state index in [4.69, 9.17) is 9.79 Å². The van der Waals surface area contributed by atoms with Crippen LogP contribution in [-0.2, 0) is 9.36 Å². The summed E-state index contributed by atoms with van der Waals surface area (Å²) in [6.07, 6.45) is 4.69. The van der Waals surface area contributed by atoms with Crippen LogP contribution < -0.4 is 0 Å². The Morgan fingerprint density at radius 1 is 1.50 bits per heavy atom. The number of hydrogen-bond donors (Lipinski definition) is 2. The first kappa shape index (κ1) is 12.5. The molecule has 0 aliphatic carbocycles. The average molecular weight is 320 g/mol. The molecule has 0 saturated heterocycles. The van der Waals surface area contributed by atoms with Gasteiger partial charge >= 0.3 is 91.2 Å². The molecule has 1 heterocycles. The molecule has 0 aromatic heterocycles. The molecule has 6 heteroatoms. The van der Waals surface area contributed by atoms with Crippen LogP contribution >= 0.6 is 7.60 Å². The number of rotatable bonds is 4. The van der Waals surface area contributed by atoms with E-state index in [0.717, 1.165) is 8.35 Å². The maximum absolute atomic E-state index is 11.4. The normalized spacial score (nSPS) is 18.6. The zero-order valence-electron chi connectivity index (χ0n) is 8.09. The van der Waals surface area contributed by atoms with E-state index in [9.17, 15) is 9.36 Å². The number of carbonyl (C=O) groups excluding carboxylic acids is 1. The summed E-state index contributed by atoms with van der Waals surface area (Å²) in [5, 5.41) is 0. The molecule has 0 aromatic carbocycles. The summed E-state index contributed by atoms with van der Waals surface area (Å²) < 4.78 is 12.5. The second-order valence-electron chi connectivity index (χ2n) is 3.60. The van der Waals surface area contributed by atoms with Crippen LogP contribution in [-0.4, -0.2) is 36.7 Å². The Morgan fingerprint density at radius 3 is 2.36 bits per heavy atom. The van der Waals surface area contributed by atoms with Gasteiger partial charge in [0, 0.05) is 0 Å². The van der Waals surface area contributed by atoms with Crippen LogP contribution in [0.15, 0.2) is 12.2 Å². The summed E-state index contributed by atoms with van der Waals surface area (Å²) in [6, 6.07) is 0. The first-order chi connectivity index (χ1) is 6.46. The SMILES string of the molecule is CC[CH](C(=O)P(=O)(O)O)[In]1[CH2]C=C[CH2]1. The van der Waals surface area contributed by atoms with Crippen LogP contribution in [0.5, 0.6) is 0 Å². The van der Waals surface area contributed by atoms with Gasteiger partial charge in [0.1, 0.15) is 0 Å². The Labute approximate surface area is 91.1 Å². The van der Waals surface area contributed by atoms with E-state index in [-0.39, 0.29) is 3.67 Å². The predicted octanol–water partition coefficient (Wildman–Crippen LogP) is 1.54. The summed E-state index contributed by atoms with van der Waals surface area (Å²) in [5.74, 6) is 0. The summed E-state index contributed by atoms with van der Waals surface area (Å²) in [6.45, 7) is 1.84. The Morgan fingerprint density at radius 2 is 2.00 bits per heavy atom. The van der Waals surface area contributed by atoms with Crippen molar-refractivity contribution in [1.29, 1.82) is 0 Å². The first-order valence-electron chi connectivity index (χ1n) is 4.71. The summed E-state index contributed by atoms with van der Waals surface area (Å²) in [7, 11) is -4.50. The Balaban J connectivity index is 2.71. The van der Waals surface area contributed by atoms with Crippen molar-refractivity contribution in [2.24, 2.45) is 0 Å². The molecule has 0 aromatic rings. The van der Waals surface area contributed by atoms with Gasteiger partial charge in [-0.1, -0.05) is 0 Å². The molecule has 0 bridgehead atoms. The Bertz CT molecular complexity index is 288. The molecule has 1 atom stereocenters. The van der Waals surface area contributed by atoms with Gasteiger partial charge in [0.15, 0.2) is 0 Å². The molecule has 0 amide bonds. The van der Waals surface area contributed by atoms with Gasteiger partial charge < -0.3 is 0 Å². The van der Waals surface area contributed by atoms with Crippen LogP contribution in [0.25, 0.3) is 0 Å². The van der Waals surface area contributed by atoms with Crippen molar-refractivity contribution < 1.29 is 19.1 Å². The zero-order chi connectivity index (χ0) is 10.8. The third kappa shape index (κ3) is 2.96. The number of allylic oxidation sites excluding steroid dienone is 2. The van der Waals surface area contributed by atoms with E-state index in [1.54, 1.807) is 0 Å². The van der Waals surface area contributed by atoms with E-state index in [2.05, 4.69) is 12.2 Å². The molecule has 4 nitrogen and oxygen atoms in total. The predicted molar refractivity (Wildman–Crippen MR) is 55.6 cm³/mol. The van der Waals surface area contributed by atoms with Gasteiger partial charge in [-0.05, 0) is 0 Å². The maximum atomic E-state index is 11.4. The van der Waals surface area contributed by atoms with Crippen LogP contribution in [0, 0.1) is 0 Å². The summed E-state index contributed by atoms with van der Waals surface area (Å²) in [4.78, 5) is 29.1. The van der Waals surface area contributed by atoms with Crippen LogP contribution in [0.3, 0.4) is 0 Å². The molecule has 1 rings (SSSR count). The Hall–Kier alpha value is 0.430. The van der Waals surface area contributed by atoms with Gasteiger partial charge in [-0.3, -0.25) is 0 Å². The molecule has 0 radical (unpaired) electrons. The first-order valence-corrected chi connectivity index (χ1v) is 12.9. The molecular formula is C8H14InO4P. The molecule has 0 saturated carbocycles. The van der Waals surface area contributed by atoms with Gasteiger partial charge in [0.25, 0.3) is 0 Å². The monoisotopic (exact) mass is 320 g/mol. The van der Waals surface area contributed by atoms with Gasteiger partial charge in [0.05, 0.1) is 0 Å². The Kier molecular flexibility index (Phi) is 4.44. The van der Waals surface area contributed by atoms with E-state index >= 15 is 0 Å². The van der Waals surface area contributed by atoms with E-state index in [0.29, 0.717) is 6.42 Å². The molecular weight excluding hydrogens is 306 g/mol. The average Bonchev–Trinajstić information content (AvgIpc) is 2.57. The number of hydrogen-bond acceptors (Lipinski definition) is 2. The van der Waals surface area contributed by atoms with Crippen LogP contribution in [0.4, 0.5) is 0 Å². The molecule has 0 spiro atoms. The number of carbonyl (C=O) groups is 1. The van der Waals surface area contributed by atoms with Crippen molar-refractivity contribution in [2.75, 3.05) is 0 Å². The van der Waals surface area contributed by atoms with E-state index in [1.165, 1.54) is 0 Å². The van der Waals surface area contributed by atoms with Crippen molar-refractivity contribution in [1.82, 2.24) is 0 Å². The van der Waals surface area contributed by atoms with Crippen LogP contribution in [0.1, 0.15) is 13.3 Å². The van der Waals surface area contributed by atoms with Crippen molar-refractivity contribution in [2.45, 2.75) is 25.4 Å². The molecule has 1 unspecified atom stereocenters. The minimum atomic E-state index is -4.50. The molecule has 0 fully saturated rings. The standard InChI is InChI=1S/C4H8O4P.C4H6.In/c1-2-3-4(5)9(6,7)8;1-3-4-2;/h3H,2H2,1H3,(H2,6,7,8);3-4H,1-2H2;. The van der Waals surface area contributed by atoms with Crippen molar-refractivity contribution in [3.05, 3.63) is 12.2 Å². The molecule has 2 N–H and O–H groups in total. The van der Waals surface area contributed by atoms with Crippen molar-refractivity contribution in [3.8, 4) is 0 Å². The quantitative estimate of drug-likeness (QED) is 0.609. The third-order valence-electron chi connectivity index (χ3n) is 2.66. The molecule has 78 valence electrons. The fourth-order valence-corrected chi connectivity index (χ4v) is 14.2. The van der Waals surface area contributed by atoms with Crippen LogP contribution in [0.2, 0.25) is 12.0 Å². The topological polar surface area (TPSA) is 74.6 Å². The van der Waals surface area contributed by atoms with E-state index in [1.807, 2.05) is 6.92 Å². The van der Waals surface area contributed by atoms with Gasteiger partial charge in [-0.15, -0.1) is 0 Å². The van der Waals surface area contributed by atoms with Gasteiger partial charge in [-0.25, -0.2) is 0 Å². The summed E-state index contributed by atoms with van der Waals surface area (Å²) in [5.41, 5.74) is -0.801. The van der Waals surface area contributed by atoms with Crippen molar-refractivity contribution in [3.63, 3.8) is 0 Å².